The molecule has 4 rings (SSSR count). The first kappa shape index (κ1) is 14.7. The van der Waals surface area contributed by atoms with Crippen LogP contribution in [0.2, 0.25) is 0 Å². The van der Waals surface area contributed by atoms with Crippen LogP contribution in [0.15, 0.2) is 61.3 Å². The molecule has 1 aromatic carbocycles. The van der Waals surface area contributed by atoms with E-state index in [0.717, 1.165) is 34.7 Å². The highest BCUT2D eigenvalue weighted by Gasteiger charge is 2.09. The van der Waals surface area contributed by atoms with Gasteiger partial charge in [0.05, 0.1) is 11.1 Å². The maximum atomic E-state index is 4.40. The van der Waals surface area contributed by atoms with Gasteiger partial charge in [-0.2, -0.15) is 0 Å². The van der Waals surface area contributed by atoms with Gasteiger partial charge in [-0.3, -0.25) is 9.97 Å². The quantitative estimate of drug-likeness (QED) is 0.602. The lowest BCUT2D eigenvalue weighted by atomic mass is 10.2. The maximum absolute atomic E-state index is 4.40. The number of anilines is 1. The van der Waals surface area contributed by atoms with E-state index in [0.29, 0.717) is 0 Å². The maximum Gasteiger partial charge on any atom is 0.138 e. The average molecular weight is 333 g/mol. The predicted molar refractivity (Wildman–Crippen MR) is 97.1 cm³/mol. The van der Waals surface area contributed by atoms with E-state index in [1.54, 1.807) is 36.3 Å². The predicted octanol–water partition coefficient (Wildman–Crippen LogP) is 3.80. The standard InChI is InChI=1S/C18H15N5S/c1-2-4-13(5-3-1)16-10-15-17(22-12-23-18(15)24-16)21-7-6-14-11-19-8-9-20-14/h1-5,8-12H,6-7H2,(H,21,22,23). The van der Waals surface area contributed by atoms with Crippen molar-refractivity contribution >= 4 is 27.4 Å². The second-order valence-electron chi connectivity index (χ2n) is 5.29. The highest BCUT2D eigenvalue weighted by atomic mass is 32.1. The van der Waals surface area contributed by atoms with E-state index < -0.39 is 0 Å². The Bertz CT molecular complexity index is 937. The monoisotopic (exact) mass is 333 g/mol. The molecule has 0 saturated carbocycles. The van der Waals surface area contributed by atoms with Gasteiger partial charge in [0.2, 0.25) is 0 Å². The van der Waals surface area contributed by atoms with Gasteiger partial charge in [0, 0.05) is 36.4 Å². The first-order valence-electron chi connectivity index (χ1n) is 7.69. The van der Waals surface area contributed by atoms with Crippen molar-refractivity contribution in [1.29, 1.82) is 0 Å². The molecular formula is C18H15N5S. The fourth-order valence-electron chi connectivity index (χ4n) is 2.51. The molecule has 0 bridgehead atoms. The van der Waals surface area contributed by atoms with Crippen LogP contribution >= 0.6 is 11.3 Å². The number of rotatable bonds is 5. The van der Waals surface area contributed by atoms with Crippen LogP contribution in [0.1, 0.15) is 5.69 Å². The van der Waals surface area contributed by atoms with Gasteiger partial charge in [-0.05, 0) is 11.6 Å². The van der Waals surface area contributed by atoms with E-state index in [1.165, 1.54) is 10.4 Å². The van der Waals surface area contributed by atoms with Crippen molar-refractivity contribution in [2.45, 2.75) is 6.42 Å². The molecule has 0 aliphatic carbocycles. The molecule has 6 heteroatoms. The van der Waals surface area contributed by atoms with Gasteiger partial charge in [-0.15, -0.1) is 11.3 Å². The topological polar surface area (TPSA) is 63.6 Å². The molecule has 0 fully saturated rings. The minimum atomic E-state index is 0.751. The van der Waals surface area contributed by atoms with Gasteiger partial charge in [-0.1, -0.05) is 30.3 Å². The summed E-state index contributed by atoms with van der Waals surface area (Å²) in [5.41, 5.74) is 2.16. The van der Waals surface area contributed by atoms with E-state index in [2.05, 4.69) is 43.5 Å². The summed E-state index contributed by atoms with van der Waals surface area (Å²) < 4.78 is 0. The zero-order valence-electron chi connectivity index (χ0n) is 12.9. The molecule has 5 nitrogen and oxygen atoms in total. The van der Waals surface area contributed by atoms with E-state index in [9.17, 15) is 0 Å². The van der Waals surface area contributed by atoms with Crippen LogP contribution in [-0.2, 0) is 6.42 Å². The Morgan fingerprint density at radius 3 is 2.75 bits per heavy atom. The van der Waals surface area contributed by atoms with E-state index in [4.69, 9.17) is 0 Å². The lowest BCUT2D eigenvalue weighted by molar-refractivity contribution is 0.935. The Balaban J connectivity index is 1.56. The second-order valence-corrected chi connectivity index (χ2v) is 6.32. The van der Waals surface area contributed by atoms with Crippen LogP contribution in [0.25, 0.3) is 20.7 Å². The molecule has 0 atom stereocenters. The van der Waals surface area contributed by atoms with Crippen molar-refractivity contribution in [2.24, 2.45) is 0 Å². The van der Waals surface area contributed by atoms with Gasteiger partial charge in [-0.25, -0.2) is 9.97 Å². The minimum Gasteiger partial charge on any atom is -0.369 e. The SMILES string of the molecule is c1ccc(-c2cc3c(NCCc4cnccn4)ncnc3s2)cc1. The summed E-state index contributed by atoms with van der Waals surface area (Å²) in [6, 6.07) is 12.5. The molecule has 4 aromatic rings. The van der Waals surface area contributed by atoms with Gasteiger partial charge in [0.15, 0.2) is 0 Å². The molecular weight excluding hydrogens is 318 g/mol. The van der Waals surface area contributed by atoms with Crippen molar-refractivity contribution in [3.8, 4) is 10.4 Å². The van der Waals surface area contributed by atoms with Crippen molar-refractivity contribution < 1.29 is 0 Å². The lowest BCUT2D eigenvalue weighted by Gasteiger charge is -2.05. The number of benzene rings is 1. The molecule has 118 valence electrons. The van der Waals surface area contributed by atoms with Crippen molar-refractivity contribution in [2.75, 3.05) is 11.9 Å². The number of fused-ring (bicyclic) bond motifs is 1. The third-order valence-electron chi connectivity index (χ3n) is 3.68. The van der Waals surface area contributed by atoms with Gasteiger partial charge in [0.25, 0.3) is 0 Å². The van der Waals surface area contributed by atoms with Crippen LogP contribution in [-0.4, -0.2) is 26.5 Å². The fraction of sp³-hybridized carbons (Fsp3) is 0.111. The molecule has 3 aromatic heterocycles. The van der Waals surface area contributed by atoms with Crippen LogP contribution in [0.4, 0.5) is 5.82 Å². The summed E-state index contributed by atoms with van der Waals surface area (Å²) in [5.74, 6) is 0.863. The largest absolute Gasteiger partial charge is 0.369 e. The van der Waals surface area contributed by atoms with Gasteiger partial charge >= 0.3 is 0 Å². The minimum absolute atomic E-state index is 0.751. The fourth-order valence-corrected chi connectivity index (χ4v) is 3.51. The zero-order chi connectivity index (χ0) is 16.2. The van der Waals surface area contributed by atoms with Crippen molar-refractivity contribution in [1.82, 2.24) is 19.9 Å². The van der Waals surface area contributed by atoms with Crippen LogP contribution in [0, 0.1) is 0 Å². The Morgan fingerprint density at radius 1 is 1.00 bits per heavy atom. The van der Waals surface area contributed by atoms with Gasteiger partial charge in [0.1, 0.15) is 17.0 Å². The molecule has 3 heterocycles. The first-order chi connectivity index (χ1) is 11.9. The number of thiophene rings is 1. The summed E-state index contributed by atoms with van der Waals surface area (Å²) in [5, 5.41) is 4.44. The average Bonchev–Trinajstić information content (AvgIpc) is 3.09. The van der Waals surface area contributed by atoms with E-state index in [1.807, 2.05) is 18.2 Å². The summed E-state index contributed by atoms with van der Waals surface area (Å²) >= 11 is 1.68. The Labute approximate surface area is 143 Å². The number of nitrogens with zero attached hydrogens (tertiary/aromatic N) is 4. The number of hydrogen-bond acceptors (Lipinski definition) is 6. The molecule has 0 aliphatic heterocycles. The molecule has 0 radical (unpaired) electrons. The lowest BCUT2D eigenvalue weighted by Crippen LogP contribution is -2.07. The van der Waals surface area contributed by atoms with Crippen LogP contribution < -0.4 is 5.32 Å². The van der Waals surface area contributed by atoms with Gasteiger partial charge < -0.3 is 5.32 Å². The second kappa shape index (κ2) is 6.72. The molecule has 0 saturated heterocycles. The summed E-state index contributed by atoms with van der Waals surface area (Å²) in [6.07, 6.45) is 7.59. The van der Waals surface area contributed by atoms with E-state index in [-0.39, 0.29) is 0 Å². The molecule has 24 heavy (non-hydrogen) atoms. The first-order valence-corrected chi connectivity index (χ1v) is 8.50. The Hall–Kier alpha value is -2.86. The number of nitrogens with one attached hydrogen (secondary N) is 1. The molecule has 0 spiro atoms. The normalized spacial score (nSPS) is 10.8. The highest BCUT2D eigenvalue weighted by Crippen LogP contribution is 2.34. The summed E-state index contributed by atoms with van der Waals surface area (Å²) in [6.45, 7) is 0.751. The van der Waals surface area contributed by atoms with E-state index >= 15 is 0 Å². The third kappa shape index (κ3) is 3.09. The highest BCUT2D eigenvalue weighted by molar-refractivity contribution is 7.21. The smallest absolute Gasteiger partial charge is 0.138 e. The van der Waals surface area contributed by atoms with Crippen molar-refractivity contribution in [3.05, 3.63) is 67.0 Å². The molecule has 0 aliphatic rings. The summed E-state index contributed by atoms with van der Waals surface area (Å²) in [4.78, 5) is 19.3. The molecule has 0 amide bonds. The van der Waals surface area contributed by atoms with Crippen LogP contribution in [0.3, 0.4) is 0 Å². The third-order valence-corrected chi connectivity index (χ3v) is 4.77. The summed E-state index contributed by atoms with van der Waals surface area (Å²) in [7, 11) is 0. The van der Waals surface area contributed by atoms with Crippen LogP contribution in [0.5, 0.6) is 0 Å². The number of hydrogen-bond donors (Lipinski definition) is 1. The Kier molecular flexibility index (Phi) is 4.12. The Morgan fingerprint density at radius 2 is 1.92 bits per heavy atom. The number of aromatic nitrogens is 4. The zero-order valence-corrected chi connectivity index (χ0v) is 13.7. The molecule has 1 N–H and O–H groups in total. The van der Waals surface area contributed by atoms with Crippen molar-refractivity contribution in [3.63, 3.8) is 0 Å². The molecule has 0 unspecified atom stereocenters.